The van der Waals surface area contributed by atoms with Crippen LogP contribution < -0.4 is 4.74 Å². The van der Waals surface area contributed by atoms with Gasteiger partial charge < -0.3 is 9.47 Å². The Hall–Kier alpha value is -1.22. The number of carbonyl (C=O) groups is 1. The second-order valence-corrected chi connectivity index (χ2v) is 6.52. The van der Waals surface area contributed by atoms with Crippen LogP contribution in [0.4, 0.5) is 0 Å². The van der Waals surface area contributed by atoms with E-state index in [1.165, 1.54) is 12.8 Å². The van der Waals surface area contributed by atoms with Crippen molar-refractivity contribution in [3.8, 4) is 5.75 Å². The molecule has 0 aromatic heterocycles. The van der Waals surface area contributed by atoms with Crippen molar-refractivity contribution in [2.24, 2.45) is 5.92 Å². The number of ether oxygens (including phenoxy) is 2. The number of aryl methyl sites for hydroxylation is 1. The van der Waals surface area contributed by atoms with Crippen LogP contribution in [0.1, 0.15) is 52.0 Å². The first-order chi connectivity index (χ1) is 10.4. The van der Waals surface area contributed by atoms with Crippen LogP contribution in [0.2, 0.25) is 5.02 Å². The Bertz CT molecular complexity index is 471. The largest absolute Gasteiger partial charge is 0.479 e. The predicted octanol–water partition coefficient (Wildman–Crippen LogP) is 5.18. The molecule has 0 saturated carbocycles. The molecule has 0 amide bonds. The Labute approximate surface area is 139 Å². The van der Waals surface area contributed by atoms with Crippen LogP contribution >= 0.6 is 11.6 Å². The predicted molar refractivity (Wildman–Crippen MR) is 90.5 cm³/mol. The smallest absolute Gasteiger partial charge is 0.347 e. The molecule has 4 heteroatoms. The fourth-order valence-corrected chi connectivity index (χ4v) is 2.33. The summed E-state index contributed by atoms with van der Waals surface area (Å²) in [6, 6.07) is 5.33. The summed E-state index contributed by atoms with van der Waals surface area (Å²) in [5, 5.41) is 0.654. The van der Waals surface area contributed by atoms with Crippen molar-refractivity contribution in [1.82, 2.24) is 0 Å². The number of carbonyl (C=O) groups excluding carboxylic acids is 1. The van der Waals surface area contributed by atoms with Crippen molar-refractivity contribution in [1.29, 1.82) is 0 Å². The van der Waals surface area contributed by atoms with E-state index in [9.17, 15) is 4.79 Å². The number of benzene rings is 1. The average molecular weight is 327 g/mol. The topological polar surface area (TPSA) is 35.5 Å². The van der Waals surface area contributed by atoms with Crippen LogP contribution in [-0.2, 0) is 9.53 Å². The van der Waals surface area contributed by atoms with Gasteiger partial charge in [0.25, 0.3) is 0 Å². The molecule has 0 saturated heterocycles. The van der Waals surface area contributed by atoms with Crippen molar-refractivity contribution in [3.05, 3.63) is 28.8 Å². The minimum Gasteiger partial charge on any atom is -0.479 e. The minimum atomic E-state index is -0.615. The minimum absolute atomic E-state index is 0.321. The van der Waals surface area contributed by atoms with Gasteiger partial charge in [0.1, 0.15) is 5.75 Å². The lowest BCUT2D eigenvalue weighted by molar-refractivity contribution is -0.151. The third-order valence-electron chi connectivity index (χ3n) is 3.44. The SMILES string of the molecule is Cc1cc(Cl)ccc1O[C@H](C)C(=O)OCCCCCC(C)C. The van der Waals surface area contributed by atoms with Crippen LogP contribution in [0.5, 0.6) is 5.75 Å². The Kier molecular flexibility index (Phi) is 8.32. The van der Waals surface area contributed by atoms with E-state index in [2.05, 4.69) is 13.8 Å². The van der Waals surface area contributed by atoms with Crippen molar-refractivity contribution < 1.29 is 14.3 Å². The molecule has 0 heterocycles. The van der Waals surface area contributed by atoms with E-state index in [0.717, 1.165) is 24.3 Å². The molecule has 22 heavy (non-hydrogen) atoms. The van der Waals surface area contributed by atoms with Gasteiger partial charge >= 0.3 is 5.97 Å². The van der Waals surface area contributed by atoms with E-state index >= 15 is 0 Å². The van der Waals surface area contributed by atoms with Crippen molar-refractivity contribution >= 4 is 17.6 Å². The maximum absolute atomic E-state index is 11.9. The van der Waals surface area contributed by atoms with E-state index in [4.69, 9.17) is 21.1 Å². The molecule has 0 aliphatic heterocycles. The lowest BCUT2D eigenvalue weighted by Gasteiger charge is -2.15. The molecule has 1 aromatic carbocycles. The second kappa shape index (κ2) is 9.73. The summed E-state index contributed by atoms with van der Waals surface area (Å²) < 4.78 is 10.9. The summed E-state index contributed by atoms with van der Waals surface area (Å²) in [7, 11) is 0. The fraction of sp³-hybridized carbons (Fsp3) is 0.611. The molecule has 0 aliphatic rings. The molecule has 0 bridgehead atoms. The van der Waals surface area contributed by atoms with Crippen LogP contribution in [0.3, 0.4) is 0 Å². The molecular formula is C18H27ClO3. The Balaban J connectivity index is 2.27. The Morgan fingerprint density at radius 3 is 2.55 bits per heavy atom. The number of halogens is 1. The molecule has 0 N–H and O–H groups in total. The number of rotatable bonds is 9. The van der Waals surface area contributed by atoms with Gasteiger partial charge in [-0.15, -0.1) is 0 Å². The third-order valence-corrected chi connectivity index (χ3v) is 3.68. The van der Waals surface area contributed by atoms with Gasteiger partial charge in [-0.2, -0.15) is 0 Å². The van der Waals surface area contributed by atoms with E-state index in [0.29, 0.717) is 17.4 Å². The van der Waals surface area contributed by atoms with Crippen molar-refractivity contribution in [3.63, 3.8) is 0 Å². The molecule has 124 valence electrons. The van der Waals surface area contributed by atoms with Gasteiger partial charge in [-0.05, 0) is 49.9 Å². The number of esters is 1. The van der Waals surface area contributed by atoms with Gasteiger partial charge in [0.2, 0.25) is 0 Å². The quantitative estimate of drug-likeness (QED) is 0.463. The molecule has 0 aliphatic carbocycles. The fourth-order valence-electron chi connectivity index (χ4n) is 2.11. The van der Waals surface area contributed by atoms with Gasteiger partial charge in [-0.1, -0.05) is 44.7 Å². The van der Waals surface area contributed by atoms with Crippen molar-refractivity contribution in [2.45, 2.75) is 59.5 Å². The van der Waals surface area contributed by atoms with Crippen LogP contribution in [-0.4, -0.2) is 18.7 Å². The van der Waals surface area contributed by atoms with Gasteiger partial charge in [0.15, 0.2) is 6.10 Å². The van der Waals surface area contributed by atoms with Crippen LogP contribution in [0, 0.1) is 12.8 Å². The zero-order chi connectivity index (χ0) is 16.5. The molecule has 0 radical (unpaired) electrons. The first kappa shape index (κ1) is 18.8. The summed E-state index contributed by atoms with van der Waals surface area (Å²) in [6.45, 7) is 8.50. The monoisotopic (exact) mass is 326 g/mol. The van der Waals surface area contributed by atoms with Gasteiger partial charge in [0.05, 0.1) is 6.61 Å². The standard InChI is InChI=1S/C18H27ClO3/c1-13(2)8-6-5-7-11-21-18(20)15(4)22-17-10-9-16(19)12-14(17)3/h9-10,12-13,15H,5-8,11H2,1-4H3/t15-/m1/s1. The highest BCUT2D eigenvalue weighted by atomic mass is 35.5. The normalized spacial score (nSPS) is 12.3. The average Bonchev–Trinajstić information content (AvgIpc) is 2.45. The summed E-state index contributed by atoms with van der Waals surface area (Å²) in [4.78, 5) is 11.9. The molecule has 1 aromatic rings. The molecule has 1 atom stereocenters. The lowest BCUT2D eigenvalue weighted by Crippen LogP contribution is -2.26. The van der Waals surface area contributed by atoms with Gasteiger partial charge in [-0.3, -0.25) is 0 Å². The first-order valence-electron chi connectivity index (χ1n) is 7.99. The number of hydrogen-bond acceptors (Lipinski definition) is 3. The summed E-state index contributed by atoms with van der Waals surface area (Å²) in [5.74, 6) is 1.07. The molecule has 0 spiro atoms. The molecule has 0 fully saturated rings. The highest BCUT2D eigenvalue weighted by molar-refractivity contribution is 6.30. The zero-order valence-electron chi connectivity index (χ0n) is 14.0. The third kappa shape index (κ3) is 7.17. The maximum Gasteiger partial charge on any atom is 0.347 e. The lowest BCUT2D eigenvalue weighted by atomic mass is 10.1. The van der Waals surface area contributed by atoms with E-state index in [1.54, 1.807) is 19.1 Å². The van der Waals surface area contributed by atoms with Gasteiger partial charge in [0, 0.05) is 5.02 Å². The van der Waals surface area contributed by atoms with E-state index in [1.807, 2.05) is 13.0 Å². The molecule has 1 rings (SSSR count). The van der Waals surface area contributed by atoms with Gasteiger partial charge in [-0.25, -0.2) is 4.79 Å². The molecule has 0 unspecified atom stereocenters. The summed E-state index contributed by atoms with van der Waals surface area (Å²) in [5.41, 5.74) is 0.904. The summed E-state index contributed by atoms with van der Waals surface area (Å²) >= 11 is 5.90. The molecule has 3 nitrogen and oxygen atoms in total. The number of hydrogen-bond donors (Lipinski definition) is 0. The Morgan fingerprint density at radius 1 is 1.18 bits per heavy atom. The van der Waals surface area contributed by atoms with E-state index in [-0.39, 0.29) is 5.97 Å². The maximum atomic E-state index is 11.9. The zero-order valence-corrected chi connectivity index (χ0v) is 14.8. The highest BCUT2D eigenvalue weighted by Crippen LogP contribution is 2.23. The highest BCUT2D eigenvalue weighted by Gasteiger charge is 2.17. The Morgan fingerprint density at radius 2 is 1.91 bits per heavy atom. The number of unbranched alkanes of at least 4 members (excludes halogenated alkanes) is 2. The van der Waals surface area contributed by atoms with Crippen LogP contribution in [0.25, 0.3) is 0 Å². The second-order valence-electron chi connectivity index (χ2n) is 6.08. The summed E-state index contributed by atoms with van der Waals surface area (Å²) in [6.07, 6.45) is 3.80. The van der Waals surface area contributed by atoms with Crippen LogP contribution in [0.15, 0.2) is 18.2 Å². The first-order valence-corrected chi connectivity index (χ1v) is 8.37. The van der Waals surface area contributed by atoms with Crippen molar-refractivity contribution in [2.75, 3.05) is 6.61 Å². The van der Waals surface area contributed by atoms with E-state index < -0.39 is 6.10 Å². The molecular weight excluding hydrogens is 300 g/mol.